The van der Waals surface area contributed by atoms with Crippen LogP contribution in [0.1, 0.15) is 0 Å². The van der Waals surface area contributed by atoms with E-state index < -0.39 is 6.30 Å². The first-order valence-corrected chi connectivity index (χ1v) is 7.55. The van der Waals surface area contributed by atoms with Gasteiger partial charge in [0.15, 0.2) is 0 Å². The van der Waals surface area contributed by atoms with Crippen molar-refractivity contribution in [3.05, 3.63) is 60.7 Å². The molecule has 0 aliphatic rings. The number of benzene rings is 3. The van der Waals surface area contributed by atoms with E-state index in [1.165, 1.54) is 6.07 Å². The van der Waals surface area contributed by atoms with Crippen molar-refractivity contribution in [2.75, 3.05) is 0 Å². The normalized spacial score (nSPS) is 12.8. The number of aromatic amines is 1. The zero-order valence-corrected chi connectivity index (χ0v) is 12.4. The molecule has 2 nitrogen and oxygen atoms in total. The summed E-state index contributed by atoms with van der Waals surface area (Å²) in [5.74, 6) is 0. The molecule has 0 unspecified atom stereocenters. The largest absolute Gasteiger partial charge is 0.489 e. The molecule has 3 aromatic carbocycles. The Balaban J connectivity index is 2.05. The Bertz CT molecular complexity index is 1240. The molecule has 0 atom stereocenters. The van der Waals surface area contributed by atoms with E-state index in [1.54, 1.807) is 24.3 Å². The third kappa shape index (κ3) is 1.67. The van der Waals surface area contributed by atoms with E-state index >= 15 is 0 Å². The number of nitrogens with zero attached hydrogens (tertiary/aromatic N) is 1. The second kappa shape index (κ2) is 4.32. The van der Waals surface area contributed by atoms with Gasteiger partial charge in [-0.15, -0.1) is 13.2 Å². The van der Waals surface area contributed by atoms with Crippen LogP contribution < -0.4 is 0 Å². The maximum absolute atomic E-state index is 13.6. The molecule has 5 heteroatoms. The summed E-state index contributed by atoms with van der Waals surface area (Å²) in [6.45, 7) is 0. The molecule has 24 heavy (non-hydrogen) atoms. The Morgan fingerprint density at radius 2 is 1.38 bits per heavy atom. The lowest BCUT2D eigenvalue weighted by Gasteiger charge is -2.11. The van der Waals surface area contributed by atoms with Gasteiger partial charge in [-0.2, -0.15) is 0 Å². The highest BCUT2D eigenvalue weighted by Crippen LogP contribution is 2.39. The molecular formula is C19H11F3N2. The van der Waals surface area contributed by atoms with Crippen molar-refractivity contribution in [1.82, 2.24) is 9.55 Å². The zero-order chi connectivity index (χ0) is 16.5. The van der Waals surface area contributed by atoms with Crippen LogP contribution in [0.3, 0.4) is 0 Å². The van der Waals surface area contributed by atoms with Gasteiger partial charge in [-0.05, 0) is 24.3 Å². The smallest absolute Gasteiger partial charge is 0.354 e. The molecule has 5 aromatic rings. The molecule has 0 spiro atoms. The predicted molar refractivity (Wildman–Crippen MR) is 90.1 cm³/mol. The number of alkyl halides is 3. The van der Waals surface area contributed by atoms with Gasteiger partial charge in [0.05, 0.1) is 11.0 Å². The molecule has 2 heterocycles. The summed E-state index contributed by atoms with van der Waals surface area (Å²) in [5, 5.41) is 3.17. The van der Waals surface area contributed by atoms with Gasteiger partial charge in [-0.25, -0.2) is 0 Å². The van der Waals surface area contributed by atoms with Gasteiger partial charge in [0.1, 0.15) is 0 Å². The maximum atomic E-state index is 13.6. The average Bonchev–Trinajstić information content (AvgIpc) is 3.07. The maximum Gasteiger partial charge on any atom is 0.489 e. The van der Waals surface area contributed by atoms with Crippen LogP contribution in [-0.4, -0.2) is 9.55 Å². The quantitative estimate of drug-likeness (QED) is 0.366. The second-order valence-electron chi connectivity index (χ2n) is 5.91. The van der Waals surface area contributed by atoms with Crippen LogP contribution in [0.2, 0.25) is 0 Å². The van der Waals surface area contributed by atoms with Crippen LogP contribution in [0.15, 0.2) is 60.7 Å². The summed E-state index contributed by atoms with van der Waals surface area (Å²) in [5.41, 5.74) is 1.97. The first kappa shape index (κ1) is 13.5. The highest BCUT2D eigenvalue weighted by Gasteiger charge is 2.34. The van der Waals surface area contributed by atoms with E-state index in [0.717, 1.165) is 16.3 Å². The van der Waals surface area contributed by atoms with E-state index in [2.05, 4.69) is 4.98 Å². The lowest BCUT2D eigenvalue weighted by atomic mass is 10.1. The van der Waals surface area contributed by atoms with Crippen LogP contribution in [0.5, 0.6) is 0 Å². The fraction of sp³-hybridized carbons (Fsp3) is 0.0526. The Kier molecular flexibility index (Phi) is 2.43. The average molecular weight is 324 g/mol. The summed E-state index contributed by atoms with van der Waals surface area (Å²) in [4.78, 5) is 3.21. The third-order valence-electron chi connectivity index (χ3n) is 4.55. The van der Waals surface area contributed by atoms with Crippen LogP contribution in [0.4, 0.5) is 13.2 Å². The summed E-state index contributed by atoms with van der Waals surface area (Å²) >= 11 is 0. The van der Waals surface area contributed by atoms with Gasteiger partial charge in [0.25, 0.3) is 0 Å². The third-order valence-corrected chi connectivity index (χ3v) is 4.55. The number of para-hydroxylation sites is 2. The number of H-pyrrole nitrogens is 1. The monoisotopic (exact) mass is 324 g/mol. The number of rotatable bonds is 0. The Hall–Kier alpha value is -2.95. The van der Waals surface area contributed by atoms with Crippen LogP contribution in [0.25, 0.3) is 43.6 Å². The molecule has 0 amide bonds. The molecule has 0 aliphatic carbocycles. The predicted octanol–water partition coefficient (Wildman–Crippen LogP) is 5.91. The van der Waals surface area contributed by atoms with Gasteiger partial charge in [-0.1, -0.05) is 36.4 Å². The molecule has 2 aromatic heterocycles. The highest BCUT2D eigenvalue weighted by molar-refractivity contribution is 6.17. The minimum absolute atomic E-state index is 0.169. The zero-order valence-electron chi connectivity index (χ0n) is 12.4. The van der Waals surface area contributed by atoms with Gasteiger partial charge < -0.3 is 4.98 Å². The minimum atomic E-state index is -4.47. The highest BCUT2D eigenvalue weighted by atomic mass is 19.4. The van der Waals surface area contributed by atoms with Crippen molar-refractivity contribution in [3.8, 4) is 0 Å². The number of hydrogen-bond donors (Lipinski definition) is 1. The van der Waals surface area contributed by atoms with Gasteiger partial charge in [-0.3, -0.25) is 4.57 Å². The summed E-state index contributed by atoms with van der Waals surface area (Å²) in [7, 11) is 0. The fourth-order valence-corrected chi connectivity index (χ4v) is 3.59. The molecule has 0 fully saturated rings. The lowest BCUT2D eigenvalue weighted by Crippen LogP contribution is -2.15. The molecule has 0 saturated carbocycles. The number of halogens is 3. The summed E-state index contributed by atoms with van der Waals surface area (Å²) in [6.07, 6.45) is -4.47. The molecule has 5 rings (SSSR count). The Morgan fingerprint density at radius 3 is 2.17 bits per heavy atom. The van der Waals surface area contributed by atoms with Crippen molar-refractivity contribution in [3.63, 3.8) is 0 Å². The van der Waals surface area contributed by atoms with Gasteiger partial charge in [0.2, 0.25) is 0 Å². The second-order valence-corrected chi connectivity index (χ2v) is 5.91. The molecule has 0 bridgehead atoms. The first-order valence-electron chi connectivity index (χ1n) is 7.55. The van der Waals surface area contributed by atoms with E-state index in [9.17, 15) is 13.2 Å². The lowest BCUT2D eigenvalue weighted by molar-refractivity contribution is -0.197. The molecule has 0 aliphatic heterocycles. The van der Waals surface area contributed by atoms with Crippen LogP contribution >= 0.6 is 0 Å². The Morgan fingerprint density at radius 1 is 0.667 bits per heavy atom. The van der Waals surface area contributed by atoms with E-state index in [-0.39, 0.29) is 11.0 Å². The fourth-order valence-electron chi connectivity index (χ4n) is 3.59. The molecule has 1 N–H and O–H groups in total. The van der Waals surface area contributed by atoms with Crippen molar-refractivity contribution >= 4 is 43.6 Å². The number of nitrogens with one attached hydrogen (secondary N) is 1. The van der Waals surface area contributed by atoms with Gasteiger partial charge >= 0.3 is 6.30 Å². The van der Waals surface area contributed by atoms with E-state index in [1.807, 2.05) is 30.3 Å². The number of fused-ring (bicyclic) bond motifs is 6. The van der Waals surface area contributed by atoms with Crippen molar-refractivity contribution in [2.24, 2.45) is 0 Å². The summed E-state index contributed by atoms with van der Waals surface area (Å²) < 4.78 is 41.4. The Labute approximate surface area is 134 Å². The van der Waals surface area contributed by atoms with Crippen molar-refractivity contribution in [1.29, 1.82) is 0 Å². The topological polar surface area (TPSA) is 20.7 Å². The SMILES string of the molecule is FC(F)(F)n1c2ccccc2c2cc3c(cc21)[nH]c1ccccc13. The molecular weight excluding hydrogens is 313 g/mol. The number of aromatic nitrogens is 2. The molecule has 0 saturated heterocycles. The van der Waals surface area contributed by atoms with Crippen molar-refractivity contribution in [2.45, 2.75) is 6.30 Å². The number of hydrogen-bond acceptors (Lipinski definition) is 0. The van der Waals surface area contributed by atoms with Crippen molar-refractivity contribution < 1.29 is 13.2 Å². The van der Waals surface area contributed by atoms with Crippen LogP contribution in [-0.2, 0) is 6.30 Å². The summed E-state index contributed by atoms with van der Waals surface area (Å²) in [6, 6.07) is 17.8. The van der Waals surface area contributed by atoms with Gasteiger partial charge in [0, 0.05) is 32.6 Å². The van der Waals surface area contributed by atoms with E-state index in [0.29, 0.717) is 20.9 Å². The minimum Gasteiger partial charge on any atom is -0.354 e. The standard InChI is InChI=1S/C19H11F3N2/c20-19(21,22)24-17-8-4-2-6-12(17)14-9-13-11-5-1-3-7-15(11)23-16(13)10-18(14)24/h1-10,23H. The molecule has 118 valence electrons. The van der Waals surface area contributed by atoms with Crippen LogP contribution in [0, 0.1) is 0 Å². The molecule has 0 radical (unpaired) electrons. The first-order chi connectivity index (χ1) is 11.5. The van der Waals surface area contributed by atoms with E-state index in [4.69, 9.17) is 0 Å².